The van der Waals surface area contributed by atoms with Gasteiger partial charge >= 0.3 is 53.4 Å². The zero-order valence-corrected chi connectivity index (χ0v) is 33.3. The summed E-state index contributed by atoms with van der Waals surface area (Å²) < 4.78 is 18.5. The van der Waals surface area contributed by atoms with E-state index in [0.29, 0.717) is 10.8 Å². The summed E-state index contributed by atoms with van der Waals surface area (Å²) in [5, 5.41) is 75.3. The highest BCUT2D eigenvalue weighted by atomic mass is 19.1. The van der Waals surface area contributed by atoms with Gasteiger partial charge in [0.05, 0.1) is 51.1 Å². The monoisotopic (exact) mass is 950 g/mol. The fourth-order valence-electron chi connectivity index (χ4n) is 4.91. The third-order valence-electron chi connectivity index (χ3n) is 7.97. The van der Waals surface area contributed by atoms with Crippen LogP contribution >= 0.6 is 0 Å². The Morgan fingerprint density at radius 3 is 1.21 bits per heavy atom. The van der Waals surface area contributed by atoms with Crippen LogP contribution in [0.5, 0.6) is 0 Å². The van der Waals surface area contributed by atoms with Gasteiger partial charge in [-0.25, -0.2) is 14.4 Å². The number of amides is 6. The molecule has 1 heterocycles. The Kier molecular flexibility index (Phi) is 21.7. The Bertz CT molecular complexity index is 2240. The first-order chi connectivity index (χ1) is 30.6. The Morgan fingerprint density at radius 2 is 0.833 bits per heavy atom. The number of halogens is 1. The van der Waals surface area contributed by atoms with Gasteiger partial charge < -0.3 is 72.4 Å². The first kappa shape index (κ1) is 55.2. The van der Waals surface area contributed by atoms with E-state index in [2.05, 4.69) is 4.74 Å². The Labute approximate surface area is 363 Å². The van der Waals surface area contributed by atoms with Gasteiger partial charge in [0.15, 0.2) is 6.73 Å². The smallest absolute Gasteiger partial charge is 0.331 e. The van der Waals surface area contributed by atoms with Crippen molar-refractivity contribution in [2.45, 2.75) is 94.3 Å². The predicted octanol–water partition coefficient (Wildman–Crippen LogP) is -7.20. The zero-order chi connectivity index (χ0) is 50.6. The van der Waals surface area contributed by atoms with Gasteiger partial charge in [-0.3, -0.25) is 71.9 Å². The highest BCUT2D eigenvalue weighted by molar-refractivity contribution is 5.99. The molecular formula is C33H39FN8O24. The van der Waals surface area contributed by atoms with E-state index in [9.17, 15) is 102 Å². The second kappa shape index (κ2) is 26.0. The van der Waals surface area contributed by atoms with Gasteiger partial charge in [0.1, 0.15) is 36.3 Å². The SMILES string of the molecule is O=C(O)CC(NC(=O)C(CC(=O)O)NC(=O)CC(NC(=O)C(CC(=O)O)NC(=O)C(CC(=O)O)NC(=O)C(CC(=O)O)NC(=O)CCC(=O)OCn1cc(F)c(=O)[nH]c1=O)C(=O)O)C(=O)O. The summed E-state index contributed by atoms with van der Waals surface area (Å²) in [4.78, 5) is 194. The number of carbonyl (C=O) groups is 14. The minimum Gasteiger partial charge on any atom is -0.481 e. The van der Waals surface area contributed by atoms with Crippen LogP contribution in [0.3, 0.4) is 0 Å². The van der Waals surface area contributed by atoms with Gasteiger partial charge in [0.2, 0.25) is 41.3 Å². The minimum absolute atomic E-state index is 0.406. The van der Waals surface area contributed by atoms with Gasteiger partial charge in [0, 0.05) is 6.42 Å². The number of hydrogen-bond donors (Lipinski definition) is 14. The van der Waals surface area contributed by atoms with Crippen LogP contribution in [0.1, 0.15) is 51.4 Å². The molecule has 0 aliphatic heterocycles. The maximum absolute atomic E-state index is 13.4. The number of esters is 1. The molecule has 0 spiro atoms. The average Bonchev–Trinajstić information content (AvgIpc) is 3.18. The summed E-state index contributed by atoms with van der Waals surface area (Å²) in [5.41, 5.74) is -2.54. The summed E-state index contributed by atoms with van der Waals surface area (Å²) in [6, 6.07) is -13.5. The van der Waals surface area contributed by atoms with Gasteiger partial charge in [-0.1, -0.05) is 0 Å². The third-order valence-corrected chi connectivity index (χ3v) is 7.97. The number of hydrogen-bond acceptors (Lipinski definition) is 17. The minimum atomic E-state index is -2.39. The first-order valence-electron chi connectivity index (χ1n) is 18.1. The number of aliphatic carboxylic acids is 7. The number of carboxylic acid groups (broad SMARTS) is 7. The van der Waals surface area contributed by atoms with E-state index in [0.717, 1.165) is 0 Å². The lowest BCUT2D eigenvalue weighted by Crippen LogP contribution is -2.59. The highest BCUT2D eigenvalue weighted by Gasteiger charge is 2.36. The summed E-state index contributed by atoms with van der Waals surface area (Å²) in [7, 11) is 0. The second-order valence-electron chi connectivity index (χ2n) is 13.2. The number of ether oxygens (including phenoxy) is 1. The van der Waals surface area contributed by atoms with E-state index in [4.69, 9.17) is 15.3 Å². The van der Waals surface area contributed by atoms with Crippen LogP contribution in [0.4, 0.5) is 4.39 Å². The molecule has 0 fully saturated rings. The van der Waals surface area contributed by atoms with E-state index >= 15 is 0 Å². The van der Waals surface area contributed by atoms with Crippen molar-refractivity contribution in [3.63, 3.8) is 0 Å². The lowest BCUT2D eigenvalue weighted by atomic mass is 10.1. The largest absolute Gasteiger partial charge is 0.481 e. The Morgan fingerprint density at radius 1 is 0.500 bits per heavy atom. The molecule has 0 saturated heterocycles. The zero-order valence-electron chi connectivity index (χ0n) is 33.3. The number of rotatable bonds is 29. The summed E-state index contributed by atoms with van der Waals surface area (Å²) in [6.07, 6.45) is -9.17. The Hall–Kier alpha value is -8.81. The van der Waals surface area contributed by atoms with Crippen molar-refractivity contribution in [3.05, 3.63) is 32.9 Å². The van der Waals surface area contributed by atoms with Crippen LogP contribution in [0, 0.1) is 5.82 Å². The molecule has 0 aromatic carbocycles. The molecule has 6 amide bonds. The highest BCUT2D eigenvalue weighted by Crippen LogP contribution is 2.06. The predicted molar refractivity (Wildman–Crippen MR) is 199 cm³/mol. The van der Waals surface area contributed by atoms with E-state index < -0.39 is 195 Å². The molecule has 33 heteroatoms. The molecule has 0 aliphatic rings. The van der Waals surface area contributed by atoms with Crippen molar-refractivity contribution in [3.8, 4) is 0 Å². The quantitative estimate of drug-likeness (QED) is 0.0332. The van der Waals surface area contributed by atoms with Crippen LogP contribution in [0.25, 0.3) is 0 Å². The number of H-pyrrole nitrogens is 1. The van der Waals surface area contributed by atoms with E-state index in [1.54, 1.807) is 31.6 Å². The third kappa shape index (κ3) is 20.4. The number of carboxylic acids is 7. The molecule has 6 atom stereocenters. The van der Waals surface area contributed by atoms with E-state index in [-0.39, 0.29) is 0 Å². The molecule has 14 N–H and O–H groups in total. The first-order valence-corrected chi connectivity index (χ1v) is 18.1. The van der Waals surface area contributed by atoms with Crippen LogP contribution in [-0.4, -0.2) is 165 Å². The summed E-state index contributed by atoms with van der Waals surface area (Å²) in [5.74, 6) is -24.9. The topological polar surface area (TPSA) is 517 Å². The summed E-state index contributed by atoms with van der Waals surface area (Å²) >= 11 is 0. The molecule has 66 heavy (non-hydrogen) atoms. The number of aromatic nitrogens is 2. The molecule has 1 aromatic rings. The number of nitrogens with one attached hydrogen (secondary N) is 7. The summed E-state index contributed by atoms with van der Waals surface area (Å²) in [6.45, 7) is -0.937. The molecule has 0 saturated carbocycles. The lowest BCUT2D eigenvalue weighted by Gasteiger charge is -2.25. The van der Waals surface area contributed by atoms with E-state index in [1.165, 1.54) is 0 Å². The van der Waals surface area contributed by atoms with Gasteiger partial charge in [-0.2, -0.15) is 4.39 Å². The molecule has 1 aromatic heterocycles. The van der Waals surface area contributed by atoms with E-state index in [1.807, 2.05) is 5.32 Å². The van der Waals surface area contributed by atoms with Crippen molar-refractivity contribution in [1.82, 2.24) is 41.5 Å². The van der Waals surface area contributed by atoms with Crippen LogP contribution in [0.15, 0.2) is 15.8 Å². The van der Waals surface area contributed by atoms with Gasteiger partial charge in [-0.05, 0) is 0 Å². The van der Waals surface area contributed by atoms with Crippen LogP contribution < -0.4 is 43.1 Å². The van der Waals surface area contributed by atoms with Crippen LogP contribution in [-0.2, 0) is 78.6 Å². The van der Waals surface area contributed by atoms with Gasteiger partial charge in [-0.15, -0.1) is 0 Å². The average molecular weight is 951 g/mol. The van der Waals surface area contributed by atoms with Crippen molar-refractivity contribution >= 4 is 83.2 Å². The molecule has 6 unspecified atom stereocenters. The van der Waals surface area contributed by atoms with Crippen LogP contribution in [0.2, 0.25) is 0 Å². The normalized spacial score (nSPS) is 13.3. The molecule has 0 aliphatic carbocycles. The molecular weight excluding hydrogens is 911 g/mol. The molecule has 0 radical (unpaired) electrons. The molecule has 362 valence electrons. The molecule has 1 rings (SSSR count). The number of aromatic amines is 1. The lowest BCUT2D eigenvalue weighted by molar-refractivity contribution is -0.149. The fraction of sp³-hybridized carbons (Fsp3) is 0.455. The Balaban J connectivity index is 3.15. The van der Waals surface area contributed by atoms with Crippen molar-refractivity contribution in [2.24, 2.45) is 0 Å². The maximum atomic E-state index is 13.4. The number of nitrogens with zero attached hydrogens (tertiary/aromatic N) is 1. The van der Waals surface area contributed by atoms with Crippen molar-refractivity contribution < 1.29 is 112 Å². The fourth-order valence-corrected chi connectivity index (χ4v) is 4.91. The number of carbonyl (C=O) groups excluding carboxylic acids is 7. The standard InChI is InChI=1S/C33H39FN8O24/c34-11-9-42(33(65)41-26(11)56)10-66-25(55)2-1-18(43)35-12(4-20(45)46)27(57)37-14(6-22(49)50)29(59)38-15(7-23(51)52)30(60)39-16(31(61)62)3-19(44)36-13(5-21(47)48)28(58)40-17(32(63)64)8-24(53)54/h9,12-17H,1-8,10H2,(H,35,43)(H,36,44)(H,37,57)(H,38,59)(H,39,60)(H,40,58)(H,45,46)(H,47,48)(H,49,50)(H,51,52)(H,53,54)(H,61,62)(H,63,64)(H,41,56,65). The molecule has 32 nitrogen and oxygen atoms in total. The second-order valence-corrected chi connectivity index (χ2v) is 13.2. The van der Waals surface area contributed by atoms with Gasteiger partial charge in [0.25, 0.3) is 5.56 Å². The van der Waals surface area contributed by atoms with Crippen molar-refractivity contribution in [1.29, 1.82) is 0 Å². The van der Waals surface area contributed by atoms with Crippen molar-refractivity contribution in [2.75, 3.05) is 0 Å². The maximum Gasteiger partial charge on any atom is 0.331 e. The molecule has 0 bridgehead atoms.